The van der Waals surface area contributed by atoms with Gasteiger partial charge in [0, 0.05) is 11.1 Å². The van der Waals surface area contributed by atoms with Crippen LogP contribution in [0.25, 0.3) is 0 Å². The van der Waals surface area contributed by atoms with Crippen molar-refractivity contribution in [1.29, 1.82) is 0 Å². The molecular formula is C17H20ClNO. The van der Waals surface area contributed by atoms with Crippen molar-refractivity contribution >= 4 is 11.6 Å². The molecule has 20 heavy (non-hydrogen) atoms. The van der Waals surface area contributed by atoms with Crippen molar-refractivity contribution in [3.05, 3.63) is 64.2 Å². The molecule has 0 aliphatic carbocycles. The van der Waals surface area contributed by atoms with Crippen molar-refractivity contribution in [2.45, 2.75) is 25.8 Å². The Bertz CT molecular complexity index is 566. The Hall–Kier alpha value is -1.51. The minimum absolute atomic E-state index is 0.0373. The Kier molecular flexibility index (Phi) is 5.05. The third-order valence-corrected chi connectivity index (χ3v) is 3.76. The van der Waals surface area contributed by atoms with Crippen LogP contribution in [-0.2, 0) is 6.42 Å². The molecule has 0 radical (unpaired) electrons. The molecule has 2 aromatic rings. The molecule has 2 nitrogen and oxygen atoms in total. The number of nitrogens with two attached hydrogens (primary N) is 1. The van der Waals surface area contributed by atoms with Crippen LogP contribution in [0.2, 0.25) is 5.02 Å². The van der Waals surface area contributed by atoms with Crippen LogP contribution < -0.4 is 10.5 Å². The quantitative estimate of drug-likeness (QED) is 0.891. The zero-order chi connectivity index (χ0) is 14.5. The second-order valence-corrected chi connectivity index (χ2v) is 5.44. The highest BCUT2D eigenvalue weighted by atomic mass is 35.5. The molecule has 1 atom stereocenters. The summed E-state index contributed by atoms with van der Waals surface area (Å²) in [6.07, 6.45) is 1.86. The highest BCUT2D eigenvalue weighted by Gasteiger charge is 2.08. The van der Waals surface area contributed by atoms with E-state index in [1.54, 1.807) is 7.11 Å². The lowest BCUT2D eigenvalue weighted by molar-refractivity contribution is 0.411. The maximum absolute atomic E-state index is 6.27. The first-order chi connectivity index (χ1) is 9.60. The molecule has 2 rings (SSSR count). The largest absolute Gasteiger partial charge is 0.496 e. The van der Waals surface area contributed by atoms with Gasteiger partial charge in [-0.2, -0.15) is 0 Å². The molecule has 0 spiro atoms. The van der Waals surface area contributed by atoms with Gasteiger partial charge in [0.15, 0.2) is 0 Å². The molecule has 1 unspecified atom stereocenters. The highest BCUT2D eigenvalue weighted by molar-refractivity contribution is 6.30. The fourth-order valence-electron chi connectivity index (χ4n) is 2.27. The molecule has 3 heteroatoms. The topological polar surface area (TPSA) is 35.2 Å². The Morgan fingerprint density at radius 1 is 1.15 bits per heavy atom. The van der Waals surface area contributed by atoms with Gasteiger partial charge in [-0.25, -0.2) is 0 Å². The summed E-state index contributed by atoms with van der Waals surface area (Å²) in [7, 11) is 1.68. The van der Waals surface area contributed by atoms with Crippen molar-refractivity contribution in [2.75, 3.05) is 7.11 Å². The number of rotatable bonds is 5. The van der Waals surface area contributed by atoms with Gasteiger partial charge in [-0.15, -0.1) is 0 Å². The SMILES string of the molecule is COc1ccc(C(N)CCc2ccc(Cl)cc2)cc1C. The number of methoxy groups -OCH3 is 1. The summed E-state index contributed by atoms with van der Waals surface area (Å²) in [6.45, 7) is 2.04. The van der Waals surface area contributed by atoms with Crippen LogP contribution in [0, 0.1) is 6.92 Å². The van der Waals surface area contributed by atoms with Gasteiger partial charge in [-0.3, -0.25) is 0 Å². The molecule has 0 amide bonds. The van der Waals surface area contributed by atoms with E-state index in [4.69, 9.17) is 22.1 Å². The first-order valence-electron chi connectivity index (χ1n) is 6.74. The van der Waals surface area contributed by atoms with E-state index in [0.29, 0.717) is 0 Å². The zero-order valence-corrected chi connectivity index (χ0v) is 12.7. The summed E-state index contributed by atoms with van der Waals surface area (Å²) in [4.78, 5) is 0. The van der Waals surface area contributed by atoms with Crippen LogP contribution in [0.15, 0.2) is 42.5 Å². The molecular weight excluding hydrogens is 270 g/mol. The zero-order valence-electron chi connectivity index (χ0n) is 11.9. The van der Waals surface area contributed by atoms with Crippen LogP contribution in [0.3, 0.4) is 0 Å². The van der Waals surface area contributed by atoms with Gasteiger partial charge in [0.2, 0.25) is 0 Å². The fourth-order valence-corrected chi connectivity index (χ4v) is 2.40. The van der Waals surface area contributed by atoms with Crippen LogP contribution in [0.4, 0.5) is 0 Å². The average Bonchev–Trinajstić information content (AvgIpc) is 2.46. The number of aryl methyl sites for hydroxylation is 2. The van der Waals surface area contributed by atoms with E-state index in [-0.39, 0.29) is 6.04 Å². The summed E-state index contributed by atoms with van der Waals surface area (Å²) in [5, 5.41) is 0.767. The molecule has 0 saturated carbocycles. The van der Waals surface area contributed by atoms with Gasteiger partial charge in [0.1, 0.15) is 5.75 Å². The Morgan fingerprint density at radius 2 is 1.85 bits per heavy atom. The summed E-state index contributed by atoms with van der Waals surface area (Å²) >= 11 is 5.88. The third-order valence-electron chi connectivity index (χ3n) is 3.50. The molecule has 0 heterocycles. The van der Waals surface area contributed by atoms with Gasteiger partial charge in [-0.05, 0) is 54.7 Å². The minimum Gasteiger partial charge on any atom is -0.496 e. The number of hydrogen-bond donors (Lipinski definition) is 1. The summed E-state index contributed by atoms with van der Waals surface area (Å²) in [5.74, 6) is 0.902. The van der Waals surface area contributed by atoms with Gasteiger partial charge >= 0.3 is 0 Å². The number of benzene rings is 2. The Morgan fingerprint density at radius 3 is 2.45 bits per heavy atom. The Balaban J connectivity index is 1.99. The lowest BCUT2D eigenvalue weighted by Gasteiger charge is -2.14. The molecule has 0 fully saturated rings. The number of halogens is 1. The van der Waals surface area contributed by atoms with Crippen LogP contribution >= 0.6 is 11.6 Å². The lowest BCUT2D eigenvalue weighted by Crippen LogP contribution is -2.11. The fraction of sp³-hybridized carbons (Fsp3) is 0.294. The van der Waals surface area contributed by atoms with Crippen molar-refractivity contribution in [3.63, 3.8) is 0 Å². The van der Waals surface area contributed by atoms with E-state index in [9.17, 15) is 0 Å². The second-order valence-electron chi connectivity index (χ2n) is 5.00. The van der Waals surface area contributed by atoms with Crippen molar-refractivity contribution < 1.29 is 4.74 Å². The van der Waals surface area contributed by atoms with Crippen LogP contribution in [0.1, 0.15) is 29.2 Å². The maximum Gasteiger partial charge on any atom is 0.121 e. The first kappa shape index (κ1) is 14.9. The molecule has 2 N–H and O–H groups in total. The predicted octanol–water partition coefficient (Wildman–Crippen LogP) is 4.29. The number of ether oxygens (including phenoxy) is 1. The lowest BCUT2D eigenvalue weighted by atomic mass is 9.98. The summed E-state index contributed by atoms with van der Waals surface area (Å²) in [6, 6.07) is 14.1. The van der Waals surface area contributed by atoms with Crippen molar-refractivity contribution in [1.82, 2.24) is 0 Å². The predicted molar refractivity (Wildman–Crippen MR) is 84.4 cm³/mol. The van der Waals surface area contributed by atoms with E-state index in [0.717, 1.165) is 34.7 Å². The second kappa shape index (κ2) is 6.78. The summed E-state index contributed by atoms with van der Waals surface area (Å²) in [5.41, 5.74) is 9.79. The van der Waals surface area contributed by atoms with E-state index < -0.39 is 0 Å². The van der Waals surface area contributed by atoms with Gasteiger partial charge < -0.3 is 10.5 Å². The maximum atomic E-state index is 6.27. The van der Waals surface area contributed by atoms with Crippen molar-refractivity contribution in [2.24, 2.45) is 5.73 Å². The van der Waals surface area contributed by atoms with E-state index in [1.807, 2.05) is 43.3 Å². The Labute approximate surface area is 125 Å². The highest BCUT2D eigenvalue weighted by Crippen LogP contribution is 2.24. The third kappa shape index (κ3) is 3.75. The van der Waals surface area contributed by atoms with E-state index in [2.05, 4.69) is 6.07 Å². The molecule has 0 aliphatic rings. The van der Waals surface area contributed by atoms with Gasteiger partial charge in [0.25, 0.3) is 0 Å². The van der Waals surface area contributed by atoms with Crippen molar-refractivity contribution in [3.8, 4) is 5.75 Å². The standard InChI is InChI=1S/C17H20ClNO/c1-12-11-14(6-10-17(12)20-2)16(19)9-5-13-3-7-15(18)8-4-13/h3-4,6-8,10-11,16H,5,9,19H2,1-2H3. The smallest absolute Gasteiger partial charge is 0.121 e. The molecule has 0 saturated heterocycles. The average molecular weight is 290 g/mol. The van der Waals surface area contributed by atoms with Gasteiger partial charge in [-0.1, -0.05) is 35.9 Å². The van der Waals surface area contributed by atoms with Gasteiger partial charge in [0.05, 0.1) is 7.11 Å². The monoisotopic (exact) mass is 289 g/mol. The normalized spacial score (nSPS) is 12.2. The molecule has 2 aromatic carbocycles. The van der Waals surface area contributed by atoms with E-state index >= 15 is 0 Å². The van der Waals surface area contributed by atoms with Crippen LogP contribution in [-0.4, -0.2) is 7.11 Å². The van der Waals surface area contributed by atoms with E-state index in [1.165, 1.54) is 5.56 Å². The summed E-state index contributed by atoms with van der Waals surface area (Å²) < 4.78 is 5.27. The molecule has 0 bridgehead atoms. The molecule has 0 aliphatic heterocycles. The number of hydrogen-bond acceptors (Lipinski definition) is 2. The molecule has 0 aromatic heterocycles. The van der Waals surface area contributed by atoms with Crippen LogP contribution in [0.5, 0.6) is 5.75 Å². The first-order valence-corrected chi connectivity index (χ1v) is 7.12. The molecule has 106 valence electrons. The minimum atomic E-state index is 0.0373.